The van der Waals surface area contributed by atoms with Gasteiger partial charge >= 0.3 is 0 Å². The third-order valence-electron chi connectivity index (χ3n) is 1.53. The van der Waals surface area contributed by atoms with E-state index in [1.807, 2.05) is 0 Å². The number of nitrogens with zero attached hydrogens (tertiary/aromatic N) is 2. The Morgan fingerprint density at radius 2 is 2.33 bits per heavy atom. The second-order valence-corrected chi connectivity index (χ2v) is 2.34. The van der Waals surface area contributed by atoms with Crippen LogP contribution in [-0.4, -0.2) is 15.0 Å². The highest BCUT2D eigenvalue weighted by molar-refractivity contribution is 5.76. The lowest BCUT2D eigenvalue weighted by Crippen LogP contribution is -2.10. The van der Waals surface area contributed by atoms with E-state index in [-0.39, 0.29) is 11.5 Å². The van der Waals surface area contributed by atoms with E-state index in [2.05, 4.69) is 15.0 Å². The van der Waals surface area contributed by atoms with Crippen LogP contribution in [0, 0.1) is 0 Å². The Labute approximate surface area is 67.3 Å². The fraction of sp³-hybridized carbons (Fsp3) is 0. The molecule has 2 aromatic heterocycles. The summed E-state index contributed by atoms with van der Waals surface area (Å²) in [5.74, 6) is 0.112. The van der Waals surface area contributed by atoms with Gasteiger partial charge in [0.15, 0.2) is 0 Å². The highest BCUT2D eigenvalue weighted by Crippen LogP contribution is 2.03. The van der Waals surface area contributed by atoms with Crippen LogP contribution in [0.4, 0.5) is 5.95 Å². The van der Waals surface area contributed by atoms with Crippen LogP contribution in [0.3, 0.4) is 0 Å². The van der Waals surface area contributed by atoms with Crippen LogP contribution in [0.25, 0.3) is 10.9 Å². The van der Waals surface area contributed by atoms with Gasteiger partial charge in [0.25, 0.3) is 5.56 Å². The van der Waals surface area contributed by atoms with Crippen molar-refractivity contribution in [3.05, 3.63) is 28.8 Å². The molecule has 0 aliphatic carbocycles. The summed E-state index contributed by atoms with van der Waals surface area (Å²) in [6.45, 7) is 0. The summed E-state index contributed by atoms with van der Waals surface area (Å²) in [6, 6.07) is 1.60. The Kier molecular flexibility index (Phi) is 1.30. The normalized spacial score (nSPS) is 10.3. The van der Waals surface area contributed by atoms with Gasteiger partial charge in [-0.2, -0.15) is 0 Å². The topological polar surface area (TPSA) is 84.7 Å². The Balaban J connectivity index is 2.99. The minimum absolute atomic E-state index is 0.112. The SMILES string of the molecule is Nc1nc2cnccc2c(=O)[nH]1. The number of H-pyrrole nitrogens is 1. The van der Waals surface area contributed by atoms with Crippen LogP contribution in [0.2, 0.25) is 0 Å². The van der Waals surface area contributed by atoms with Crippen LogP contribution in [0.1, 0.15) is 0 Å². The van der Waals surface area contributed by atoms with Crippen molar-refractivity contribution < 1.29 is 0 Å². The zero-order chi connectivity index (χ0) is 8.55. The molecule has 3 N–H and O–H groups in total. The molecule has 5 heteroatoms. The van der Waals surface area contributed by atoms with E-state index < -0.39 is 0 Å². The summed E-state index contributed by atoms with van der Waals surface area (Å²) < 4.78 is 0. The van der Waals surface area contributed by atoms with Gasteiger partial charge in [-0.15, -0.1) is 0 Å². The maximum Gasteiger partial charge on any atom is 0.260 e. The lowest BCUT2D eigenvalue weighted by atomic mass is 10.3. The summed E-state index contributed by atoms with van der Waals surface area (Å²) in [5.41, 5.74) is 5.61. The Bertz CT molecular complexity index is 476. The zero-order valence-electron chi connectivity index (χ0n) is 6.11. The molecule has 0 aliphatic rings. The van der Waals surface area contributed by atoms with Crippen molar-refractivity contribution >= 4 is 16.9 Å². The number of pyridine rings is 1. The van der Waals surface area contributed by atoms with Crippen LogP contribution >= 0.6 is 0 Å². The maximum atomic E-state index is 11.2. The minimum Gasteiger partial charge on any atom is -0.369 e. The molecular weight excluding hydrogens is 156 g/mol. The van der Waals surface area contributed by atoms with E-state index in [1.165, 1.54) is 12.4 Å². The van der Waals surface area contributed by atoms with Crippen LogP contribution < -0.4 is 11.3 Å². The summed E-state index contributed by atoms with van der Waals surface area (Å²) in [6.07, 6.45) is 3.04. The molecule has 2 aromatic rings. The van der Waals surface area contributed by atoms with Gasteiger partial charge in [-0.1, -0.05) is 0 Å². The number of hydrogen-bond donors (Lipinski definition) is 2. The molecule has 0 spiro atoms. The summed E-state index contributed by atoms with van der Waals surface area (Å²) in [5, 5.41) is 0.499. The third kappa shape index (κ3) is 0.914. The van der Waals surface area contributed by atoms with Crippen LogP contribution in [0.5, 0.6) is 0 Å². The molecule has 0 aromatic carbocycles. The van der Waals surface area contributed by atoms with Gasteiger partial charge in [0, 0.05) is 6.20 Å². The number of nitrogens with two attached hydrogens (primary N) is 1. The van der Waals surface area contributed by atoms with Crippen LogP contribution in [0.15, 0.2) is 23.3 Å². The smallest absolute Gasteiger partial charge is 0.260 e. The minimum atomic E-state index is -0.236. The number of nitrogens with one attached hydrogen (secondary N) is 1. The molecule has 0 aliphatic heterocycles. The number of aromatic nitrogens is 3. The standard InChI is InChI=1S/C7H6N4O/c8-7-10-5-3-9-2-1-4(5)6(12)11-7/h1-3H,(H3,8,10,11,12). The molecule has 5 nitrogen and oxygen atoms in total. The zero-order valence-corrected chi connectivity index (χ0v) is 6.11. The first-order valence-corrected chi connectivity index (χ1v) is 3.37. The summed E-state index contributed by atoms with van der Waals surface area (Å²) >= 11 is 0. The molecule has 0 saturated heterocycles. The largest absolute Gasteiger partial charge is 0.369 e. The van der Waals surface area contributed by atoms with Gasteiger partial charge in [-0.25, -0.2) is 4.98 Å². The fourth-order valence-electron chi connectivity index (χ4n) is 1.01. The Hall–Kier alpha value is -1.91. The second-order valence-electron chi connectivity index (χ2n) is 2.34. The highest BCUT2D eigenvalue weighted by atomic mass is 16.1. The van der Waals surface area contributed by atoms with E-state index in [1.54, 1.807) is 6.07 Å². The summed E-state index contributed by atoms with van der Waals surface area (Å²) in [4.78, 5) is 21.3. The molecule has 0 fully saturated rings. The first kappa shape index (κ1) is 6.78. The van der Waals surface area contributed by atoms with E-state index in [0.717, 1.165) is 0 Å². The monoisotopic (exact) mass is 162 g/mol. The molecule has 60 valence electrons. The van der Waals surface area contributed by atoms with Gasteiger partial charge in [0.1, 0.15) is 0 Å². The summed E-state index contributed by atoms with van der Waals surface area (Å²) in [7, 11) is 0. The van der Waals surface area contributed by atoms with Crippen molar-refractivity contribution in [2.24, 2.45) is 0 Å². The van der Waals surface area contributed by atoms with Crippen LogP contribution in [-0.2, 0) is 0 Å². The van der Waals surface area contributed by atoms with Crippen molar-refractivity contribution in [3.8, 4) is 0 Å². The van der Waals surface area contributed by atoms with Crippen molar-refractivity contribution in [2.75, 3.05) is 5.73 Å². The number of rotatable bonds is 0. The van der Waals surface area contributed by atoms with Crippen molar-refractivity contribution in [1.82, 2.24) is 15.0 Å². The molecule has 2 rings (SSSR count). The molecule has 0 atom stereocenters. The number of anilines is 1. The van der Waals surface area contributed by atoms with Gasteiger partial charge < -0.3 is 5.73 Å². The molecule has 2 heterocycles. The molecule has 0 amide bonds. The van der Waals surface area contributed by atoms with E-state index >= 15 is 0 Å². The molecule has 0 unspecified atom stereocenters. The lowest BCUT2D eigenvalue weighted by Gasteiger charge is -1.95. The number of aromatic amines is 1. The fourth-order valence-corrected chi connectivity index (χ4v) is 1.01. The Morgan fingerprint density at radius 3 is 3.17 bits per heavy atom. The predicted octanol–water partition coefficient (Wildman–Crippen LogP) is -0.0997. The molecular formula is C7H6N4O. The highest BCUT2D eigenvalue weighted by Gasteiger charge is 1.99. The number of nitrogen functional groups attached to an aromatic ring is 1. The quantitative estimate of drug-likeness (QED) is 0.566. The van der Waals surface area contributed by atoms with Crippen molar-refractivity contribution in [1.29, 1.82) is 0 Å². The third-order valence-corrected chi connectivity index (χ3v) is 1.53. The molecule has 0 saturated carbocycles. The number of fused-ring (bicyclic) bond motifs is 1. The molecule has 0 bridgehead atoms. The average molecular weight is 162 g/mol. The van der Waals surface area contributed by atoms with E-state index in [9.17, 15) is 4.79 Å². The van der Waals surface area contributed by atoms with Crippen molar-refractivity contribution in [2.45, 2.75) is 0 Å². The van der Waals surface area contributed by atoms with Gasteiger partial charge in [-0.3, -0.25) is 14.8 Å². The first-order valence-electron chi connectivity index (χ1n) is 3.37. The van der Waals surface area contributed by atoms with Gasteiger partial charge in [0.2, 0.25) is 5.95 Å². The predicted molar refractivity (Wildman–Crippen MR) is 44.6 cm³/mol. The average Bonchev–Trinajstić information content (AvgIpc) is 2.04. The first-order chi connectivity index (χ1) is 5.77. The van der Waals surface area contributed by atoms with Crippen molar-refractivity contribution in [3.63, 3.8) is 0 Å². The van der Waals surface area contributed by atoms with E-state index in [4.69, 9.17) is 5.73 Å². The van der Waals surface area contributed by atoms with Gasteiger partial charge in [-0.05, 0) is 6.07 Å². The number of hydrogen-bond acceptors (Lipinski definition) is 4. The van der Waals surface area contributed by atoms with Gasteiger partial charge in [0.05, 0.1) is 17.1 Å². The molecule has 12 heavy (non-hydrogen) atoms. The maximum absolute atomic E-state index is 11.2. The Morgan fingerprint density at radius 1 is 1.50 bits per heavy atom. The second kappa shape index (κ2) is 2.30. The lowest BCUT2D eigenvalue weighted by molar-refractivity contribution is 1.17. The van der Waals surface area contributed by atoms with E-state index in [0.29, 0.717) is 10.9 Å². The molecule has 0 radical (unpaired) electrons.